The third kappa shape index (κ3) is 11.2. The number of hydrogen-bond acceptors (Lipinski definition) is 3. The number of carbonyl (C=O) groups excluding carboxylic acids is 2. The molecule has 3 nitrogen and oxygen atoms in total. The summed E-state index contributed by atoms with van der Waals surface area (Å²) < 4.78 is 5.10. The third-order valence-corrected chi connectivity index (χ3v) is 6.18. The van der Waals surface area contributed by atoms with Gasteiger partial charge in [-0.25, -0.2) is 0 Å². The predicted octanol–water partition coefficient (Wildman–Crippen LogP) is 7.28. The van der Waals surface area contributed by atoms with Crippen LogP contribution in [-0.4, -0.2) is 18.4 Å². The molecule has 1 fully saturated rings. The van der Waals surface area contributed by atoms with Gasteiger partial charge in [0.25, 0.3) is 0 Å². The fourth-order valence-electron chi connectivity index (χ4n) is 4.34. The predicted molar refractivity (Wildman–Crippen MR) is 119 cm³/mol. The van der Waals surface area contributed by atoms with Gasteiger partial charge in [-0.1, -0.05) is 120 Å². The first-order valence-electron chi connectivity index (χ1n) is 12.0. The van der Waals surface area contributed by atoms with E-state index in [2.05, 4.69) is 0 Å². The van der Waals surface area contributed by atoms with Gasteiger partial charge in [0.1, 0.15) is 0 Å². The molecule has 1 aromatic rings. The summed E-state index contributed by atoms with van der Waals surface area (Å²) in [6.07, 6.45) is 20.5. The lowest BCUT2D eigenvalue weighted by molar-refractivity contribution is -0.142. The minimum absolute atomic E-state index is 0.141. The summed E-state index contributed by atoms with van der Waals surface area (Å²) in [5.41, 5.74) is 0.592. The van der Waals surface area contributed by atoms with Crippen LogP contribution in [0.25, 0.3) is 0 Å². The Morgan fingerprint density at radius 3 is 2.00 bits per heavy atom. The molecule has 1 aliphatic carbocycles. The van der Waals surface area contributed by atoms with Crippen molar-refractivity contribution in [3.63, 3.8) is 0 Å². The fraction of sp³-hybridized carbons (Fsp3) is 0.692. The van der Waals surface area contributed by atoms with Crippen LogP contribution in [0.15, 0.2) is 30.3 Å². The lowest BCUT2D eigenvalue weighted by Gasteiger charge is -2.13. The molecule has 1 aromatic carbocycles. The highest BCUT2D eigenvalue weighted by molar-refractivity contribution is 5.97. The maximum atomic E-state index is 11.9. The minimum Gasteiger partial charge on any atom is -0.457 e. The minimum atomic E-state index is -0.257. The fourth-order valence-corrected chi connectivity index (χ4v) is 4.34. The topological polar surface area (TPSA) is 43.4 Å². The maximum Gasteiger partial charge on any atom is 0.306 e. The van der Waals surface area contributed by atoms with E-state index in [0.29, 0.717) is 12.0 Å². The summed E-state index contributed by atoms with van der Waals surface area (Å²) in [5.74, 6) is 0.617. The van der Waals surface area contributed by atoms with Gasteiger partial charge in [0, 0.05) is 12.0 Å². The van der Waals surface area contributed by atoms with Crippen LogP contribution in [0.1, 0.15) is 113 Å². The maximum absolute atomic E-state index is 11.9. The van der Waals surface area contributed by atoms with E-state index in [1.165, 1.54) is 83.5 Å². The number of ketones is 1. The zero-order valence-corrected chi connectivity index (χ0v) is 18.2. The summed E-state index contributed by atoms with van der Waals surface area (Å²) >= 11 is 0. The molecule has 0 spiro atoms. The van der Waals surface area contributed by atoms with E-state index in [1.54, 1.807) is 12.1 Å². The van der Waals surface area contributed by atoms with Crippen molar-refractivity contribution in [1.29, 1.82) is 0 Å². The van der Waals surface area contributed by atoms with Crippen LogP contribution in [-0.2, 0) is 9.53 Å². The molecule has 0 heterocycles. The van der Waals surface area contributed by atoms with Gasteiger partial charge in [0.05, 0.1) is 0 Å². The van der Waals surface area contributed by atoms with Crippen LogP contribution in [0.5, 0.6) is 0 Å². The average Bonchev–Trinajstić information content (AvgIpc) is 3.03. The van der Waals surface area contributed by atoms with Gasteiger partial charge in [-0.05, 0) is 12.3 Å². The SMILES string of the molecule is O=C(CO[13C](=O)[13CH2][13CH2][13CH2][13CH2][13CH2][13CH2][13CH2][13CH2][13CH2]CC1CCCCCC1)c1ccccc1. The van der Waals surface area contributed by atoms with Crippen molar-refractivity contribution in [2.45, 2.75) is 103 Å². The first kappa shape index (κ1) is 23.6. The highest BCUT2D eigenvalue weighted by Crippen LogP contribution is 2.27. The second-order valence-electron chi connectivity index (χ2n) is 8.67. The Hall–Kier alpha value is -1.64. The molecule has 162 valence electrons. The van der Waals surface area contributed by atoms with Gasteiger partial charge < -0.3 is 4.74 Å². The quantitative estimate of drug-likeness (QED) is 0.106. The largest absolute Gasteiger partial charge is 0.457 e. The normalized spacial score (nSPS) is 15.0. The van der Waals surface area contributed by atoms with Crippen LogP contribution in [0.4, 0.5) is 0 Å². The second kappa shape index (κ2) is 15.2. The van der Waals surface area contributed by atoms with Crippen molar-refractivity contribution >= 4 is 11.8 Å². The lowest BCUT2D eigenvalue weighted by Crippen LogP contribution is -2.13. The monoisotopic (exact) mass is 410 g/mol. The number of esters is 1. The van der Waals surface area contributed by atoms with E-state index in [1.807, 2.05) is 18.2 Å². The highest BCUT2D eigenvalue weighted by atomic mass is 16.6. The number of rotatable bonds is 14. The Labute approximate surface area is 177 Å². The molecular formula is C26H40O3. The molecule has 1 aliphatic rings. The molecule has 0 saturated heterocycles. The van der Waals surface area contributed by atoms with Crippen molar-refractivity contribution in [3.8, 4) is 0 Å². The molecule has 0 N–H and O–H groups in total. The zero-order chi connectivity index (χ0) is 20.6. The van der Waals surface area contributed by atoms with Crippen LogP contribution in [0, 0.1) is 5.92 Å². The molecule has 0 aromatic heterocycles. The van der Waals surface area contributed by atoms with Gasteiger partial charge in [-0.3, -0.25) is 9.59 Å². The summed E-state index contributed by atoms with van der Waals surface area (Å²) in [4.78, 5) is 23.7. The first-order chi connectivity index (χ1) is 14.3. The van der Waals surface area contributed by atoms with E-state index in [4.69, 9.17) is 4.74 Å². The average molecular weight is 411 g/mol. The lowest BCUT2D eigenvalue weighted by atomic mass is 10.00. The molecule has 1 saturated carbocycles. The molecular weight excluding hydrogens is 370 g/mol. The molecule has 0 bridgehead atoms. The molecule has 0 aliphatic heterocycles. The second-order valence-corrected chi connectivity index (χ2v) is 8.67. The van der Waals surface area contributed by atoms with Crippen molar-refractivity contribution in [1.82, 2.24) is 0 Å². The van der Waals surface area contributed by atoms with Crippen molar-refractivity contribution in [3.05, 3.63) is 35.9 Å². The molecule has 0 unspecified atom stereocenters. The van der Waals surface area contributed by atoms with Crippen LogP contribution in [0.3, 0.4) is 0 Å². The third-order valence-electron chi connectivity index (χ3n) is 6.18. The van der Waals surface area contributed by atoms with E-state index in [0.717, 1.165) is 18.8 Å². The van der Waals surface area contributed by atoms with Gasteiger partial charge in [-0.15, -0.1) is 0 Å². The van der Waals surface area contributed by atoms with E-state index in [9.17, 15) is 9.59 Å². The van der Waals surface area contributed by atoms with Gasteiger partial charge in [0.2, 0.25) is 0 Å². The van der Waals surface area contributed by atoms with Crippen LogP contribution >= 0.6 is 0 Å². The molecule has 0 radical (unpaired) electrons. The molecule has 3 heteroatoms. The summed E-state index contributed by atoms with van der Waals surface area (Å²) in [6, 6.07) is 8.97. The molecule has 29 heavy (non-hydrogen) atoms. The Balaban J connectivity index is 1.36. The Morgan fingerprint density at radius 1 is 0.759 bits per heavy atom. The summed E-state index contributed by atoms with van der Waals surface area (Å²) in [6.45, 7) is -0.149. The van der Waals surface area contributed by atoms with E-state index in [-0.39, 0.29) is 18.4 Å². The number of Topliss-reactive ketones (excluding diaryl/α,β-unsaturated/α-hetero) is 1. The first-order valence-corrected chi connectivity index (χ1v) is 12.0. The number of hydrogen-bond donors (Lipinski definition) is 0. The summed E-state index contributed by atoms with van der Waals surface area (Å²) in [5, 5.41) is 0. The van der Waals surface area contributed by atoms with E-state index >= 15 is 0 Å². The Morgan fingerprint density at radius 2 is 1.34 bits per heavy atom. The molecule has 0 amide bonds. The number of carbonyl (C=O) groups is 2. The van der Waals surface area contributed by atoms with Gasteiger partial charge >= 0.3 is 5.97 Å². The smallest absolute Gasteiger partial charge is 0.306 e. The number of benzene rings is 1. The summed E-state index contributed by atoms with van der Waals surface area (Å²) in [7, 11) is 0. The van der Waals surface area contributed by atoms with Crippen molar-refractivity contribution in [2.24, 2.45) is 5.92 Å². The van der Waals surface area contributed by atoms with Crippen molar-refractivity contribution < 1.29 is 14.3 Å². The van der Waals surface area contributed by atoms with E-state index < -0.39 is 0 Å². The van der Waals surface area contributed by atoms with Crippen LogP contribution in [0.2, 0.25) is 0 Å². The number of ether oxygens (including phenoxy) is 1. The standard InChI is InChI=1S/C26H40O3/c27-25(24-19-13-9-14-20-24)22-29-26(28)21-15-6-4-2-1-3-5-10-16-23-17-11-7-8-12-18-23/h9,13-14,19-20,23H,1-8,10-12,15-18,21-22H2/i1+1,2+1,3+1,4+1,5+1,6+1,10+1,15+1,21+1,26+1. The van der Waals surface area contributed by atoms with Crippen molar-refractivity contribution in [2.75, 3.05) is 6.61 Å². The number of unbranched alkanes of at least 4 members (excludes halogenated alkanes) is 7. The zero-order valence-electron chi connectivity index (χ0n) is 18.2. The van der Waals surface area contributed by atoms with Gasteiger partial charge in [-0.2, -0.15) is 0 Å². The highest BCUT2D eigenvalue weighted by Gasteiger charge is 2.11. The van der Waals surface area contributed by atoms with Gasteiger partial charge in [0.15, 0.2) is 12.4 Å². The molecule has 2 rings (SSSR count). The molecule has 0 atom stereocenters. The Bertz CT molecular complexity index is 559. The van der Waals surface area contributed by atoms with Crippen LogP contribution < -0.4 is 0 Å². The Kier molecular flexibility index (Phi) is 12.4.